The minimum atomic E-state index is -0.492. The maximum absolute atomic E-state index is 14.1. The fourth-order valence-electron chi connectivity index (χ4n) is 4.70. The van der Waals surface area contributed by atoms with Gasteiger partial charge >= 0.3 is 0 Å². The quantitative estimate of drug-likeness (QED) is 0.335. The standard InChI is InChI=1S/C28H28FN5O3S/c1-37-25-10-9-20(14-22(25)29)15-26(35)34-13-5-8-24(34)27-31-23(18-38-27)28(36)33(17-21-11-12-30-32-21)16-19-6-3-2-4-7-19/h2-4,6-7,9-12,14,18,24H,5,8,13,15-17H2,1H3,(H,30,32)/t24-/m1/s1. The monoisotopic (exact) mass is 533 g/mol. The Bertz CT molecular complexity index is 1390. The van der Waals surface area contributed by atoms with Crippen LogP contribution in [-0.2, 0) is 24.3 Å². The fourth-order valence-corrected chi connectivity index (χ4v) is 5.64. The van der Waals surface area contributed by atoms with Gasteiger partial charge in [0, 0.05) is 24.7 Å². The van der Waals surface area contributed by atoms with E-state index in [1.807, 2.05) is 36.4 Å². The Hall–Kier alpha value is -4.05. The van der Waals surface area contributed by atoms with Crippen molar-refractivity contribution in [2.45, 2.75) is 38.4 Å². The Balaban J connectivity index is 1.31. The highest BCUT2D eigenvalue weighted by Crippen LogP contribution is 2.34. The number of H-pyrrole nitrogens is 1. The molecule has 1 N–H and O–H groups in total. The lowest BCUT2D eigenvalue weighted by atomic mass is 10.1. The number of methoxy groups -OCH3 is 1. The molecule has 1 fully saturated rings. The topological polar surface area (TPSA) is 91.4 Å². The van der Waals surface area contributed by atoms with E-state index in [0.29, 0.717) is 30.9 Å². The van der Waals surface area contributed by atoms with Crippen LogP contribution in [0.4, 0.5) is 4.39 Å². The van der Waals surface area contributed by atoms with Crippen molar-refractivity contribution in [1.29, 1.82) is 0 Å². The molecule has 1 atom stereocenters. The van der Waals surface area contributed by atoms with Gasteiger partial charge in [0.05, 0.1) is 31.8 Å². The van der Waals surface area contributed by atoms with Crippen LogP contribution in [-0.4, -0.2) is 50.5 Å². The number of rotatable bonds is 9. The summed E-state index contributed by atoms with van der Waals surface area (Å²) in [7, 11) is 1.41. The molecule has 1 aliphatic rings. The minimum absolute atomic E-state index is 0.0869. The SMILES string of the molecule is COc1ccc(CC(=O)N2CCC[C@@H]2c2nc(C(=O)N(Cc3ccccc3)Cc3ccn[nH]3)cs2)cc1F. The first-order valence-electron chi connectivity index (χ1n) is 12.4. The average molecular weight is 534 g/mol. The number of benzene rings is 2. The zero-order valence-electron chi connectivity index (χ0n) is 21.0. The second-order valence-corrected chi connectivity index (χ2v) is 10.1. The van der Waals surface area contributed by atoms with Crippen LogP contribution in [0.1, 0.15) is 51.2 Å². The van der Waals surface area contributed by atoms with Crippen LogP contribution < -0.4 is 4.74 Å². The number of halogens is 1. The molecule has 4 aromatic rings. The molecule has 196 valence electrons. The Kier molecular flexibility index (Phi) is 7.78. The fraction of sp³-hybridized carbons (Fsp3) is 0.286. The number of carbonyl (C=O) groups excluding carboxylic acids is 2. The van der Waals surface area contributed by atoms with E-state index < -0.39 is 5.82 Å². The number of nitrogens with one attached hydrogen (secondary N) is 1. The second-order valence-electron chi connectivity index (χ2n) is 9.19. The van der Waals surface area contributed by atoms with Gasteiger partial charge in [0.2, 0.25) is 5.91 Å². The molecular weight excluding hydrogens is 505 g/mol. The summed E-state index contributed by atoms with van der Waals surface area (Å²) >= 11 is 1.39. The minimum Gasteiger partial charge on any atom is -0.494 e. The summed E-state index contributed by atoms with van der Waals surface area (Å²) in [4.78, 5) is 34.9. The van der Waals surface area contributed by atoms with E-state index in [0.717, 1.165) is 29.1 Å². The molecule has 1 saturated heterocycles. The number of amides is 2. The molecule has 0 radical (unpaired) electrons. The Morgan fingerprint density at radius 1 is 1.16 bits per heavy atom. The van der Waals surface area contributed by atoms with Crippen molar-refractivity contribution in [2.75, 3.05) is 13.7 Å². The Labute approximate surface area is 224 Å². The van der Waals surface area contributed by atoms with Gasteiger partial charge in [-0.15, -0.1) is 11.3 Å². The van der Waals surface area contributed by atoms with Crippen molar-refractivity contribution in [3.63, 3.8) is 0 Å². The lowest BCUT2D eigenvalue weighted by Crippen LogP contribution is -2.32. The first-order chi connectivity index (χ1) is 18.5. The number of ether oxygens (including phenoxy) is 1. The first-order valence-corrected chi connectivity index (χ1v) is 13.3. The Morgan fingerprint density at radius 2 is 2.00 bits per heavy atom. The van der Waals surface area contributed by atoms with Crippen LogP contribution >= 0.6 is 11.3 Å². The van der Waals surface area contributed by atoms with E-state index in [4.69, 9.17) is 9.72 Å². The summed E-state index contributed by atoms with van der Waals surface area (Å²) in [5.41, 5.74) is 2.78. The molecule has 2 aromatic heterocycles. The van der Waals surface area contributed by atoms with Gasteiger partial charge in [0.1, 0.15) is 10.7 Å². The summed E-state index contributed by atoms with van der Waals surface area (Å²) in [6.07, 6.45) is 3.36. The summed E-state index contributed by atoms with van der Waals surface area (Å²) in [6, 6.07) is 16.0. The van der Waals surface area contributed by atoms with Crippen LogP contribution in [0.5, 0.6) is 5.75 Å². The molecule has 0 aliphatic carbocycles. The molecule has 2 amide bonds. The van der Waals surface area contributed by atoms with Gasteiger partial charge in [0.15, 0.2) is 11.6 Å². The third kappa shape index (κ3) is 5.75. The molecule has 2 aromatic carbocycles. The van der Waals surface area contributed by atoms with E-state index in [2.05, 4.69) is 10.2 Å². The summed E-state index contributed by atoms with van der Waals surface area (Å²) in [5, 5.41) is 9.42. The molecule has 5 rings (SSSR count). The molecule has 1 aliphatic heterocycles. The molecule has 8 nitrogen and oxygen atoms in total. The summed E-state index contributed by atoms with van der Waals surface area (Å²) in [5.74, 6) is -0.622. The maximum Gasteiger partial charge on any atom is 0.273 e. The number of hydrogen-bond acceptors (Lipinski definition) is 6. The van der Waals surface area contributed by atoms with Gasteiger partial charge in [0.25, 0.3) is 5.91 Å². The van der Waals surface area contributed by atoms with Crippen molar-refractivity contribution < 1.29 is 18.7 Å². The van der Waals surface area contributed by atoms with E-state index in [9.17, 15) is 14.0 Å². The molecular formula is C28H28FN5O3S. The van der Waals surface area contributed by atoms with Crippen molar-refractivity contribution in [3.05, 3.63) is 99.5 Å². The van der Waals surface area contributed by atoms with Gasteiger partial charge in [-0.05, 0) is 42.2 Å². The van der Waals surface area contributed by atoms with Crippen LogP contribution in [0, 0.1) is 5.82 Å². The predicted octanol–water partition coefficient (Wildman–Crippen LogP) is 4.76. The second kappa shape index (κ2) is 11.6. The third-order valence-electron chi connectivity index (χ3n) is 6.59. The van der Waals surface area contributed by atoms with Gasteiger partial charge in [-0.1, -0.05) is 36.4 Å². The summed E-state index contributed by atoms with van der Waals surface area (Å²) < 4.78 is 19.1. The normalized spacial score (nSPS) is 15.0. The van der Waals surface area contributed by atoms with Gasteiger partial charge < -0.3 is 14.5 Å². The van der Waals surface area contributed by atoms with Crippen molar-refractivity contribution in [3.8, 4) is 5.75 Å². The van der Waals surface area contributed by atoms with Gasteiger partial charge in [-0.3, -0.25) is 14.7 Å². The van der Waals surface area contributed by atoms with Crippen LogP contribution in [0.25, 0.3) is 0 Å². The van der Waals surface area contributed by atoms with E-state index >= 15 is 0 Å². The number of aromatic nitrogens is 3. The van der Waals surface area contributed by atoms with E-state index in [1.54, 1.807) is 27.4 Å². The molecule has 38 heavy (non-hydrogen) atoms. The maximum atomic E-state index is 14.1. The average Bonchev–Trinajstić information content (AvgIpc) is 3.70. The highest BCUT2D eigenvalue weighted by Gasteiger charge is 2.33. The lowest BCUT2D eigenvalue weighted by molar-refractivity contribution is -0.131. The highest BCUT2D eigenvalue weighted by molar-refractivity contribution is 7.09. The molecule has 0 unspecified atom stereocenters. The Morgan fingerprint density at radius 3 is 2.74 bits per heavy atom. The van der Waals surface area contributed by atoms with E-state index in [1.165, 1.54) is 30.6 Å². The summed E-state index contributed by atoms with van der Waals surface area (Å²) in [6.45, 7) is 1.40. The first kappa shape index (κ1) is 25.6. The van der Waals surface area contributed by atoms with Crippen LogP contribution in [0.2, 0.25) is 0 Å². The van der Waals surface area contributed by atoms with Gasteiger partial charge in [-0.2, -0.15) is 5.10 Å². The van der Waals surface area contributed by atoms with Crippen molar-refractivity contribution in [2.24, 2.45) is 0 Å². The van der Waals surface area contributed by atoms with Gasteiger partial charge in [-0.25, -0.2) is 9.37 Å². The third-order valence-corrected chi connectivity index (χ3v) is 7.54. The predicted molar refractivity (Wildman–Crippen MR) is 141 cm³/mol. The largest absolute Gasteiger partial charge is 0.494 e. The van der Waals surface area contributed by atoms with Crippen molar-refractivity contribution >= 4 is 23.2 Å². The van der Waals surface area contributed by atoms with Crippen LogP contribution in [0.3, 0.4) is 0 Å². The molecule has 10 heteroatoms. The van der Waals surface area contributed by atoms with Crippen LogP contribution in [0.15, 0.2) is 66.2 Å². The smallest absolute Gasteiger partial charge is 0.273 e. The number of nitrogens with zero attached hydrogens (tertiary/aromatic N) is 4. The molecule has 0 saturated carbocycles. The van der Waals surface area contributed by atoms with E-state index in [-0.39, 0.29) is 30.0 Å². The molecule has 0 spiro atoms. The molecule has 3 heterocycles. The number of likely N-dealkylation sites (tertiary alicyclic amines) is 1. The molecule has 0 bridgehead atoms. The number of carbonyl (C=O) groups is 2. The van der Waals surface area contributed by atoms with Crippen molar-refractivity contribution in [1.82, 2.24) is 25.0 Å². The lowest BCUT2D eigenvalue weighted by Gasteiger charge is -2.23. The number of thiazole rings is 1. The number of aromatic amines is 1. The zero-order chi connectivity index (χ0) is 26.5. The number of hydrogen-bond donors (Lipinski definition) is 1. The zero-order valence-corrected chi connectivity index (χ0v) is 21.8. The highest BCUT2D eigenvalue weighted by atomic mass is 32.1.